The van der Waals surface area contributed by atoms with E-state index in [1.165, 1.54) is 109 Å². The molecule has 0 fully saturated rings. The largest absolute Gasteiger partial charge is 0.385 e. The Labute approximate surface area is 220 Å². The second kappa shape index (κ2) is 23.0. The van der Waals surface area contributed by atoms with E-state index in [0.717, 1.165) is 19.3 Å². The Morgan fingerprint density at radius 2 is 1.06 bits per heavy atom. The van der Waals surface area contributed by atoms with Crippen LogP contribution >= 0.6 is 7.60 Å². The summed E-state index contributed by atoms with van der Waals surface area (Å²) < 4.78 is 18.6. The molecular weight excluding hydrogens is 453 g/mol. The zero-order chi connectivity index (χ0) is 26.3. The molecule has 0 aliphatic rings. The van der Waals surface area contributed by atoms with E-state index in [1.54, 1.807) is 0 Å². The first-order valence-corrected chi connectivity index (χ1v) is 16.8. The van der Waals surface area contributed by atoms with E-state index >= 15 is 0 Å². The maximum absolute atomic E-state index is 12.7. The molecular formula is C30H63NO3P+. The van der Waals surface area contributed by atoms with Crippen molar-refractivity contribution in [3.63, 3.8) is 0 Å². The lowest BCUT2D eigenvalue weighted by molar-refractivity contribution is -0.883. The van der Waals surface area contributed by atoms with Crippen LogP contribution in [0.4, 0.5) is 0 Å². The number of hydrogen-bond acceptors (Lipinski definition) is 2. The summed E-state index contributed by atoms with van der Waals surface area (Å²) in [6, 6.07) is 0. The van der Waals surface area contributed by atoms with Gasteiger partial charge in [-0.3, -0.25) is 4.57 Å². The van der Waals surface area contributed by atoms with Gasteiger partial charge in [0.25, 0.3) is 0 Å². The molecule has 0 rings (SSSR count). The van der Waals surface area contributed by atoms with E-state index in [4.69, 9.17) is 4.52 Å². The van der Waals surface area contributed by atoms with E-state index in [9.17, 15) is 9.46 Å². The molecule has 5 heteroatoms. The minimum Gasteiger partial charge on any atom is -0.320 e. The van der Waals surface area contributed by atoms with E-state index in [-0.39, 0.29) is 5.78 Å². The summed E-state index contributed by atoms with van der Waals surface area (Å²) >= 11 is 0. The van der Waals surface area contributed by atoms with Gasteiger partial charge in [-0.15, -0.1) is 0 Å². The zero-order valence-corrected chi connectivity index (χ0v) is 25.3. The van der Waals surface area contributed by atoms with Gasteiger partial charge in [-0.25, -0.2) is 0 Å². The molecule has 35 heavy (non-hydrogen) atoms. The third kappa shape index (κ3) is 21.6. The van der Waals surface area contributed by atoms with Crippen LogP contribution in [-0.2, 0) is 9.09 Å². The summed E-state index contributed by atoms with van der Waals surface area (Å²) in [5.74, 6) is -0.337. The van der Waals surface area contributed by atoms with Gasteiger partial charge in [-0.2, -0.15) is 0 Å². The van der Waals surface area contributed by atoms with Crippen LogP contribution in [-0.4, -0.2) is 42.9 Å². The second-order valence-electron chi connectivity index (χ2n) is 11.5. The van der Waals surface area contributed by atoms with Crippen LogP contribution in [0.5, 0.6) is 0 Å². The van der Waals surface area contributed by atoms with Crippen LogP contribution < -0.4 is 0 Å². The summed E-state index contributed by atoms with van der Waals surface area (Å²) in [7, 11) is 2.35. The quantitative estimate of drug-likeness (QED) is 0.0538. The summed E-state index contributed by atoms with van der Waals surface area (Å²) in [6.07, 6.45) is 31.3. The molecule has 0 saturated heterocycles. The van der Waals surface area contributed by atoms with Gasteiger partial charge < -0.3 is 13.9 Å². The number of rotatable bonds is 26. The van der Waals surface area contributed by atoms with E-state index in [1.807, 2.05) is 21.1 Å². The molecule has 0 aliphatic carbocycles. The third-order valence-electron chi connectivity index (χ3n) is 7.00. The lowest BCUT2D eigenvalue weighted by atomic mass is 10.1. The number of nitrogens with zero attached hydrogens (tertiary/aromatic N) is 1. The normalized spacial score (nSPS) is 15.0. The van der Waals surface area contributed by atoms with E-state index < -0.39 is 7.60 Å². The van der Waals surface area contributed by atoms with Gasteiger partial charge in [0.05, 0.1) is 27.7 Å². The van der Waals surface area contributed by atoms with Crippen LogP contribution in [0.1, 0.15) is 149 Å². The molecule has 0 aromatic rings. The summed E-state index contributed by atoms with van der Waals surface area (Å²) in [5, 5.41) is 0. The average molecular weight is 517 g/mol. The van der Waals surface area contributed by atoms with Gasteiger partial charge in [0, 0.05) is 6.42 Å². The molecule has 0 spiro atoms. The summed E-state index contributed by atoms with van der Waals surface area (Å²) in [5.41, 5.74) is 0. The standard InChI is InChI=1S/C30H62NO3P/c1-6-8-9-10-11-12-13-14-15-16-17-18-19-20-21-22-23-24-25-26-27-29-34-35(32,33)30(28-7-2)31(3,4)5/h18-19,30H,6-17,20-29H2,1-5H3/p+1/b19-18-. The van der Waals surface area contributed by atoms with Crippen molar-refractivity contribution >= 4 is 7.60 Å². The van der Waals surface area contributed by atoms with Crippen molar-refractivity contribution in [1.29, 1.82) is 0 Å². The lowest BCUT2D eigenvalue weighted by Gasteiger charge is -2.35. The van der Waals surface area contributed by atoms with Gasteiger partial charge in [-0.1, -0.05) is 116 Å². The minimum absolute atomic E-state index is 0.337. The topological polar surface area (TPSA) is 46.5 Å². The SMILES string of the molecule is CCCCCCCCCCCC/C=C\CCCCCCCCCOP(=O)(O)C(CCC)[N+](C)(C)C. The van der Waals surface area contributed by atoms with E-state index in [0.29, 0.717) is 17.5 Å². The maximum Gasteiger partial charge on any atom is 0.385 e. The predicted molar refractivity (Wildman–Crippen MR) is 155 cm³/mol. The monoisotopic (exact) mass is 516 g/mol. The molecule has 0 aromatic carbocycles. The molecule has 0 aromatic heterocycles. The Kier molecular flexibility index (Phi) is 22.9. The number of allylic oxidation sites excluding steroid dienone is 2. The minimum atomic E-state index is -3.57. The molecule has 0 aliphatic heterocycles. The Morgan fingerprint density at radius 3 is 1.46 bits per heavy atom. The van der Waals surface area contributed by atoms with Crippen molar-refractivity contribution in [2.45, 2.75) is 154 Å². The highest BCUT2D eigenvalue weighted by Gasteiger charge is 2.41. The van der Waals surface area contributed by atoms with Crippen molar-refractivity contribution in [3.05, 3.63) is 12.2 Å². The average Bonchev–Trinajstić information content (AvgIpc) is 2.80. The molecule has 1 N–H and O–H groups in total. The first kappa shape index (κ1) is 34.9. The van der Waals surface area contributed by atoms with Crippen LogP contribution in [0, 0.1) is 0 Å². The fraction of sp³-hybridized carbons (Fsp3) is 0.933. The van der Waals surface area contributed by atoms with Crippen molar-refractivity contribution in [2.24, 2.45) is 0 Å². The molecule has 0 bridgehead atoms. The van der Waals surface area contributed by atoms with Gasteiger partial charge in [0.15, 0.2) is 5.78 Å². The van der Waals surface area contributed by atoms with Crippen LogP contribution in [0.2, 0.25) is 0 Å². The van der Waals surface area contributed by atoms with Crippen molar-refractivity contribution < 1.29 is 18.5 Å². The Hall–Kier alpha value is -0.150. The first-order valence-electron chi connectivity index (χ1n) is 15.2. The molecule has 0 amide bonds. The molecule has 210 valence electrons. The van der Waals surface area contributed by atoms with E-state index in [2.05, 4.69) is 26.0 Å². The molecule has 4 nitrogen and oxygen atoms in total. The van der Waals surface area contributed by atoms with Gasteiger partial charge >= 0.3 is 7.60 Å². The maximum atomic E-state index is 12.7. The highest BCUT2D eigenvalue weighted by Crippen LogP contribution is 2.51. The molecule has 2 unspecified atom stereocenters. The number of hydrogen-bond donors (Lipinski definition) is 1. The highest BCUT2D eigenvalue weighted by molar-refractivity contribution is 7.53. The van der Waals surface area contributed by atoms with Crippen molar-refractivity contribution in [2.75, 3.05) is 27.7 Å². The zero-order valence-electron chi connectivity index (χ0n) is 24.4. The van der Waals surface area contributed by atoms with Crippen LogP contribution in [0.25, 0.3) is 0 Å². The van der Waals surface area contributed by atoms with Gasteiger partial charge in [0.1, 0.15) is 0 Å². The molecule has 2 atom stereocenters. The number of quaternary nitrogens is 1. The van der Waals surface area contributed by atoms with Gasteiger partial charge in [0.2, 0.25) is 0 Å². The van der Waals surface area contributed by atoms with Crippen molar-refractivity contribution in [1.82, 2.24) is 0 Å². The second-order valence-corrected chi connectivity index (χ2v) is 13.5. The predicted octanol–water partition coefficient (Wildman–Crippen LogP) is 10.0. The summed E-state index contributed by atoms with van der Waals surface area (Å²) in [4.78, 5) is 10.4. The van der Waals surface area contributed by atoms with Crippen molar-refractivity contribution in [3.8, 4) is 0 Å². The molecule has 0 heterocycles. The van der Waals surface area contributed by atoms with Crippen LogP contribution in [0.3, 0.4) is 0 Å². The Morgan fingerprint density at radius 1 is 0.657 bits per heavy atom. The van der Waals surface area contributed by atoms with Gasteiger partial charge in [-0.05, 0) is 38.5 Å². The fourth-order valence-electron chi connectivity index (χ4n) is 4.76. The molecule has 0 radical (unpaired) electrons. The smallest absolute Gasteiger partial charge is 0.320 e. The van der Waals surface area contributed by atoms with Crippen LogP contribution in [0.15, 0.2) is 12.2 Å². The highest BCUT2D eigenvalue weighted by atomic mass is 31.2. The fourth-order valence-corrected chi connectivity index (χ4v) is 6.78. The summed E-state index contributed by atoms with van der Waals surface area (Å²) in [6.45, 7) is 4.74. The Bertz CT molecular complexity index is 530. The lowest BCUT2D eigenvalue weighted by Crippen LogP contribution is -2.45. The molecule has 0 saturated carbocycles. The first-order chi connectivity index (χ1) is 16.8. The third-order valence-corrected chi connectivity index (χ3v) is 9.26. The number of unbranched alkanes of at least 4 members (excludes halogenated alkanes) is 17. The Balaban J connectivity index is 3.48.